The van der Waals surface area contributed by atoms with Crippen LogP contribution in [-0.4, -0.2) is 24.3 Å². The van der Waals surface area contributed by atoms with Crippen LogP contribution in [0.2, 0.25) is 0 Å². The summed E-state index contributed by atoms with van der Waals surface area (Å²) in [4.78, 5) is 0. The average molecular weight is 249 g/mol. The fraction of sp³-hybridized carbons (Fsp3) is 0.143. The molecule has 0 saturated heterocycles. The van der Waals surface area contributed by atoms with Crippen LogP contribution in [0.4, 0.5) is 4.39 Å². The van der Waals surface area contributed by atoms with Crippen molar-refractivity contribution in [2.24, 2.45) is 0 Å². The fourth-order valence-electron chi connectivity index (χ4n) is 0.997. The first-order valence-corrected chi connectivity index (χ1v) is 4.25. The Kier molecular flexibility index (Phi) is 3.30. The molecule has 0 bridgehead atoms. The lowest BCUT2D eigenvalue weighted by Gasteiger charge is -2.10. The zero-order valence-corrected chi connectivity index (χ0v) is 8.38. The first-order chi connectivity index (χ1) is 6.07. The van der Waals surface area contributed by atoms with Gasteiger partial charge in [0.1, 0.15) is 0 Å². The first-order valence-electron chi connectivity index (χ1n) is 3.46. The van der Waals surface area contributed by atoms with Crippen LogP contribution >= 0.6 is 15.9 Å². The van der Waals surface area contributed by atoms with E-state index in [0.29, 0.717) is 4.47 Å². The topological polar surface area (TPSA) is 49.7 Å². The molecule has 0 heterocycles. The van der Waals surface area contributed by atoms with Gasteiger partial charge in [-0.1, -0.05) is 15.9 Å². The van der Waals surface area contributed by atoms with E-state index in [1.165, 1.54) is 19.2 Å². The molecule has 0 saturated carbocycles. The van der Waals surface area contributed by atoms with E-state index in [2.05, 4.69) is 15.9 Å². The molecule has 0 fully saturated rings. The molecule has 0 aliphatic carbocycles. The predicted octanol–water partition coefficient (Wildman–Crippen LogP) is 0.277. The predicted molar refractivity (Wildman–Crippen MR) is 50.5 cm³/mol. The number of hydrogen-bond donors (Lipinski definition) is 2. The van der Waals surface area contributed by atoms with Gasteiger partial charge in [-0.3, -0.25) is 0 Å². The molecule has 1 rings (SSSR count). The third-order valence-electron chi connectivity index (χ3n) is 1.56. The van der Waals surface area contributed by atoms with E-state index in [-0.39, 0.29) is 11.2 Å². The number of methoxy groups -OCH3 is 1. The minimum absolute atomic E-state index is 0.0116. The Balaban J connectivity index is 3.35. The highest BCUT2D eigenvalue weighted by Crippen LogP contribution is 2.19. The van der Waals surface area contributed by atoms with E-state index in [1.54, 1.807) is 0 Å². The normalized spacial score (nSPS) is 9.92. The third-order valence-corrected chi connectivity index (χ3v) is 2.25. The van der Waals surface area contributed by atoms with Crippen LogP contribution in [0.25, 0.3) is 0 Å². The molecule has 70 valence electrons. The van der Waals surface area contributed by atoms with Gasteiger partial charge >= 0.3 is 7.12 Å². The molecule has 0 aromatic heterocycles. The van der Waals surface area contributed by atoms with E-state index in [9.17, 15) is 4.39 Å². The summed E-state index contributed by atoms with van der Waals surface area (Å²) in [5, 5.41) is 17.8. The first kappa shape index (κ1) is 10.5. The lowest BCUT2D eigenvalue weighted by molar-refractivity contribution is 0.381. The maximum atomic E-state index is 13.0. The third kappa shape index (κ3) is 2.01. The molecule has 0 unspecified atom stereocenters. The molecule has 0 radical (unpaired) electrons. The molecule has 0 aliphatic heterocycles. The van der Waals surface area contributed by atoms with Crippen molar-refractivity contribution in [3.63, 3.8) is 0 Å². The second-order valence-corrected chi connectivity index (χ2v) is 3.20. The Morgan fingerprint density at radius 1 is 1.46 bits per heavy atom. The summed E-state index contributed by atoms with van der Waals surface area (Å²) in [6, 6.07) is 2.56. The lowest BCUT2D eigenvalue weighted by Crippen LogP contribution is -2.33. The Morgan fingerprint density at radius 3 is 2.46 bits per heavy atom. The molecule has 1 aromatic rings. The molecule has 13 heavy (non-hydrogen) atoms. The smallest absolute Gasteiger partial charge is 0.493 e. The number of halogens is 2. The van der Waals surface area contributed by atoms with Crippen LogP contribution in [0.5, 0.6) is 5.75 Å². The van der Waals surface area contributed by atoms with Crippen molar-refractivity contribution in [2.45, 2.75) is 0 Å². The molecule has 0 aliphatic rings. The van der Waals surface area contributed by atoms with E-state index < -0.39 is 12.9 Å². The minimum Gasteiger partial charge on any atom is -0.494 e. The van der Waals surface area contributed by atoms with E-state index in [4.69, 9.17) is 14.8 Å². The van der Waals surface area contributed by atoms with Gasteiger partial charge in [0.25, 0.3) is 0 Å². The minimum atomic E-state index is -1.76. The van der Waals surface area contributed by atoms with Crippen LogP contribution in [0.1, 0.15) is 0 Å². The quantitative estimate of drug-likeness (QED) is 0.740. The van der Waals surface area contributed by atoms with Crippen LogP contribution < -0.4 is 10.2 Å². The second-order valence-electron chi connectivity index (χ2n) is 2.35. The van der Waals surface area contributed by atoms with E-state index in [0.717, 1.165) is 0 Å². The molecule has 6 heteroatoms. The summed E-state index contributed by atoms with van der Waals surface area (Å²) in [6.07, 6.45) is 0. The van der Waals surface area contributed by atoms with Gasteiger partial charge in [0.2, 0.25) is 0 Å². The summed E-state index contributed by atoms with van der Waals surface area (Å²) >= 11 is 3.06. The van der Waals surface area contributed by atoms with Crippen molar-refractivity contribution >= 4 is 28.5 Å². The van der Waals surface area contributed by atoms with Gasteiger partial charge in [0.15, 0.2) is 11.6 Å². The van der Waals surface area contributed by atoms with Crippen LogP contribution in [0.15, 0.2) is 16.6 Å². The number of rotatable bonds is 2. The summed E-state index contributed by atoms with van der Waals surface area (Å²) in [5.41, 5.74) is -0.0116. The van der Waals surface area contributed by atoms with Crippen LogP contribution in [0, 0.1) is 5.82 Å². The molecule has 0 atom stereocenters. The van der Waals surface area contributed by atoms with Gasteiger partial charge in [0, 0.05) is 9.94 Å². The number of benzene rings is 1. The Labute approximate surface area is 83.4 Å². The summed E-state index contributed by atoms with van der Waals surface area (Å²) in [7, 11) is -0.503. The van der Waals surface area contributed by atoms with Crippen molar-refractivity contribution in [2.75, 3.05) is 7.11 Å². The molecule has 2 N–H and O–H groups in total. The maximum Gasteiger partial charge on any atom is 0.493 e. The van der Waals surface area contributed by atoms with Crippen molar-refractivity contribution in [1.82, 2.24) is 0 Å². The molecule has 0 amide bonds. The van der Waals surface area contributed by atoms with Crippen molar-refractivity contribution in [3.8, 4) is 5.75 Å². The summed E-state index contributed by atoms with van der Waals surface area (Å²) < 4.78 is 18.1. The van der Waals surface area contributed by atoms with Crippen molar-refractivity contribution < 1.29 is 19.2 Å². The molecular weight excluding hydrogens is 242 g/mol. The summed E-state index contributed by atoms with van der Waals surface area (Å²) in [6.45, 7) is 0. The van der Waals surface area contributed by atoms with Crippen molar-refractivity contribution in [3.05, 3.63) is 22.4 Å². The SMILES string of the molecule is COc1c(F)ccc(Br)c1B(O)O. The van der Waals surface area contributed by atoms with Gasteiger partial charge in [-0.15, -0.1) is 0 Å². The average Bonchev–Trinajstić information content (AvgIpc) is 2.07. The maximum absolute atomic E-state index is 13.0. The van der Waals surface area contributed by atoms with Crippen molar-refractivity contribution in [1.29, 1.82) is 0 Å². The van der Waals surface area contributed by atoms with Gasteiger partial charge in [-0.05, 0) is 12.1 Å². The van der Waals surface area contributed by atoms with Crippen LogP contribution in [0.3, 0.4) is 0 Å². The highest BCUT2D eigenvalue weighted by atomic mass is 79.9. The summed E-state index contributed by atoms with van der Waals surface area (Å²) in [5.74, 6) is -0.793. The largest absolute Gasteiger partial charge is 0.494 e. The highest BCUT2D eigenvalue weighted by molar-refractivity contribution is 9.10. The van der Waals surface area contributed by atoms with E-state index >= 15 is 0 Å². The highest BCUT2D eigenvalue weighted by Gasteiger charge is 2.23. The molecular formula is C7H7BBrFO3. The van der Waals surface area contributed by atoms with Gasteiger partial charge in [0.05, 0.1) is 7.11 Å². The Hall–Kier alpha value is -0.585. The lowest BCUT2D eigenvalue weighted by atomic mass is 9.79. The van der Waals surface area contributed by atoms with Gasteiger partial charge in [-0.25, -0.2) is 4.39 Å². The molecule has 0 spiro atoms. The molecule has 1 aromatic carbocycles. The number of hydrogen-bond acceptors (Lipinski definition) is 3. The Bertz CT molecular complexity index is 319. The van der Waals surface area contributed by atoms with E-state index in [1.807, 2.05) is 0 Å². The standard InChI is InChI=1S/C7H7BBrFO3/c1-13-7-5(10)3-2-4(9)6(7)8(11)12/h2-3,11-12H,1H3. The fourth-order valence-corrected chi connectivity index (χ4v) is 1.51. The zero-order chi connectivity index (χ0) is 10.0. The second kappa shape index (κ2) is 4.08. The number of ether oxygens (including phenoxy) is 1. The zero-order valence-electron chi connectivity index (χ0n) is 6.79. The van der Waals surface area contributed by atoms with Gasteiger partial charge < -0.3 is 14.8 Å². The molecule has 3 nitrogen and oxygen atoms in total. The monoisotopic (exact) mass is 248 g/mol. The van der Waals surface area contributed by atoms with Gasteiger partial charge in [-0.2, -0.15) is 0 Å². The Morgan fingerprint density at radius 2 is 2.08 bits per heavy atom. The van der Waals surface area contributed by atoms with Crippen LogP contribution in [-0.2, 0) is 0 Å².